The summed E-state index contributed by atoms with van der Waals surface area (Å²) in [6.07, 6.45) is 1.62. The summed E-state index contributed by atoms with van der Waals surface area (Å²) >= 11 is 0. The number of hydrogen-bond donors (Lipinski definition) is 0. The summed E-state index contributed by atoms with van der Waals surface area (Å²) in [5.41, 5.74) is 3.63. The molecule has 0 amide bonds. The van der Waals surface area contributed by atoms with Gasteiger partial charge >= 0.3 is 0 Å². The van der Waals surface area contributed by atoms with E-state index in [1.807, 2.05) is 50.2 Å². The Morgan fingerprint density at radius 2 is 1.86 bits per heavy atom. The lowest BCUT2D eigenvalue weighted by Crippen LogP contribution is -2.12. The van der Waals surface area contributed by atoms with Crippen LogP contribution in [0.2, 0.25) is 0 Å². The van der Waals surface area contributed by atoms with Crippen molar-refractivity contribution in [1.29, 1.82) is 0 Å². The second-order valence-corrected chi connectivity index (χ2v) is 6.37. The Labute approximate surface area is 161 Å². The van der Waals surface area contributed by atoms with Gasteiger partial charge in [0, 0.05) is 12.3 Å². The number of para-hydroxylation sites is 1. The van der Waals surface area contributed by atoms with E-state index in [0.717, 1.165) is 11.3 Å². The Kier molecular flexibility index (Phi) is 4.49. The molecule has 140 valence electrons. The van der Waals surface area contributed by atoms with Gasteiger partial charge < -0.3 is 9.26 Å². The summed E-state index contributed by atoms with van der Waals surface area (Å²) in [4.78, 5) is 16.7. The van der Waals surface area contributed by atoms with Crippen LogP contribution in [0.4, 0.5) is 0 Å². The van der Waals surface area contributed by atoms with Crippen molar-refractivity contribution in [1.82, 2.24) is 19.9 Å². The molecule has 28 heavy (non-hydrogen) atoms. The highest BCUT2D eigenvalue weighted by atomic mass is 16.5. The minimum absolute atomic E-state index is 0.0593. The van der Waals surface area contributed by atoms with Crippen LogP contribution in [-0.4, -0.2) is 27.0 Å². The van der Waals surface area contributed by atoms with Gasteiger partial charge in [0.15, 0.2) is 5.69 Å². The van der Waals surface area contributed by atoms with Crippen LogP contribution >= 0.6 is 0 Å². The lowest BCUT2D eigenvalue weighted by molar-refractivity contribution is 0.413. The molecule has 0 fully saturated rings. The van der Waals surface area contributed by atoms with Crippen LogP contribution < -0.4 is 10.2 Å². The van der Waals surface area contributed by atoms with Crippen molar-refractivity contribution in [3.63, 3.8) is 0 Å². The Hall–Kier alpha value is -3.74. The number of aryl methyl sites for hydroxylation is 2. The van der Waals surface area contributed by atoms with E-state index >= 15 is 0 Å². The molecular formula is C21H18N4O3. The summed E-state index contributed by atoms with van der Waals surface area (Å²) in [5, 5.41) is 8.40. The van der Waals surface area contributed by atoms with Crippen molar-refractivity contribution in [2.24, 2.45) is 0 Å². The van der Waals surface area contributed by atoms with E-state index < -0.39 is 0 Å². The molecule has 0 radical (unpaired) electrons. The highest BCUT2D eigenvalue weighted by Gasteiger charge is 2.18. The third-order valence-corrected chi connectivity index (χ3v) is 4.54. The Morgan fingerprint density at radius 3 is 2.64 bits per heavy atom. The fraction of sp³-hybridized carbons (Fsp3) is 0.143. The molecule has 0 bridgehead atoms. The minimum atomic E-state index is -0.296. The maximum absolute atomic E-state index is 12.4. The first kappa shape index (κ1) is 17.7. The molecule has 2 aromatic carbocycles. The zero-order chi connectivity index (χ0) is 19.7. The Morgan fingerprint density at radius 1 is 1.04 bits per heavy atom. The average Bonchev–Trinajstić information content (AvgIpc) is 3.20. The van der Waals surface area contributed by atoms with Gasteiger partial charge in [-0.2, -0.15) is 10.1 Å². The molecule has 4 aromatic rings. The van der Waals surface area contributed by atoms with Crippen LogP contribution in [0.25, 0.3) is 28.7 Å². The fourth-order valence-corrected chi connectivity index (χ4v) is 2.83. The number of hydrogen-bond acceptors (Lipinski definition) is 6. The number of ether oxygens (including phenoxy) is 1. The molecular weight excluding hydrogens is 356 g/mol. The molecule has 0 saturated heterocycles. The SMILES string of the molecule is COc1ccccc1-c1noc(-c2nn(-c3ccc(C)c(C)c3)ccc2=O)n1. The number of methoxy groups -OCH3 is 1. The third-order valence-electron chi connectivity index (χ3n) is 4.54. The maximum Gasteiger partial charge on any atom is 0.282 e. The van der Waals surface area contributed by atoms with Gasteiger partial charge in [-0.15, -0.1) is 0 Å². The van der Waals surface area contributed by atoms with Gasteiger partial charge in [-0.3, -0.25) is 4.79 Å². The topological polar surface area (TPSA) is 83.0 Å². The van der Waals surface area contributed by atoms with Crippen LogP contribution in [0.1, 0.15) is 11.1 Å². The molecule has 0 aliphatic rings. The maximum atomic E-state index is 12.4. The predicted molar refractivity (Wildman–Crippen MR) is 105 cm³/mol. The van der Waals surface area contributed by atoms with E-state index in [9.17, 15) is 4.79 Å². The van der Waals surface area contributed by atoms with Gasteiger partial charge in [0.05, 0.1) is 18.4 Å². The first-order chi connectivity index (χ1) is 13.6. The Balaban J connectivity index is 1.77. The smallest absolute Gasteiger partial charge is 0.282 e. The molecule has 0 atom stereocenters. The molecule has 0 N–H and O–H groups in total. The van der Waals surface area contributed by atoms with Crippen LogP contribution in [0, 0.1) is 13.8 Å². The van der Waals surface area contributed by atoms with Crippen molar-refractivity contribution in [2.75, 3.05) is 7.11 Å². The largest absolute Gasteiger partial charge is 0.496 e. The number of rotatable bonds is 4. The standard InChI is InChI=1S/C21H18N4O3/c1-13-8-9-15(12-14(13)2)25-11-10-17(26)19(23-25)21-22-20(24-28-21)16-6-4-5-7-18(16)27-3/h4-12H,1-3H3. The van der Waals surface area contributed by atoms with Gasteiger partial charge in [-0.25, -0.2) is 4.68 Å². The third kappa shape index (κ3) is 3.18. The van der Waals surface area contributed by atoms with Crippen LogP contribution in [0.15, 0.2) is 64.0 Å². The normalized spacial score (nSPS) is 10.8. The monoisotopic (exact) mass is 374 g/mol. The molecule has 0 aliphatic carbocycles. The molecule has 2 aromatic heterocycles. The molecule has 4 rings (SSSR count). The summed E-state index contributed by atoms with van der Waals surface area (Å²) in [6.45, 7) is 4.07. The summed E-state index contributed by atoms with van der Waals surface area (Å²) < 4.78 is 12.3. The van der Waals surface area contributed by atoms with Crippen molar-refractivity contribution >= 4 is 0 Å². The molecule has 2 heterocycles. The predicted octanol–water partition coefficient (Wildman–Crippen LogP) is 3.57. The number of aromatic nitrogens is 4. The molecule has 7 heteroatoms. The summed E-state index contributed by atoms with van der Waals surface area (Å²) in [6, 6.07) is 14.7. The minimum Gasteiger partial charge on any atom is -0.496 e. The van der Waals surface area contributed by atoms with E-state index in [4.69, 9.17) is 9.26 Å². The van der Waals surface area contributed by atoms with Crippen molar-refractivity contribution in [2.45, 2.75) is 13.8 Å². The van der Waals surface area contributed by atoms with Crippen LogP contribution in [-0.2, 0) is 0 Å². The quantitative estimate of drug-likeness (QED) is 0.543. The number of nitrogens with zero attached hydrogens (tertiary/aromatic N) is 4. The van der Waals surface area contributed by atoms with Gasteiger partial charge in [0.2, 0.25) is 11.3 Å². The highest BCUT2D eigenvalue weighted by Crippen LogP contribution is 2.28. The molecule has 0 unspecified atom stereocenters. The summed E-state index contributed by atoms with van der Waals surface area (Å²) in [7, 11) is 1.57. The average molecular weight is 374 g/mol. The lowest BCUT2D eigenvalue weighted by atomic mass is 10.1. The van der Waals surface area contributed by atoms with Crippen molar-refractivity contribution in [3.8, 4) is 34.4 Å². The Bertz CT molecular complexity index is 1210. The van der Waals surface area contributed by atoms with Gasteiger partial charge in [0.25, 0.3) is 5.89 Å². The fourth-order valence-electron chi connectivity index (χ4n) is 2.83. The van der Waals surface area contributed by atoms with Gasteiger partial charge in [0.1, 0.15) is 5.75 Å². The van der Waals surface area contributed by atoms with E-state index in [1.54, 1.807) is 24.1 Å². The van der Waals surface area contributed by atoms with Crippen molar-refractivity contribution < 1.29 is 9.26 Å². The first-order valence-electron chi connectivity index (χ1n) is 8.72. The van der Waals surface area contributed by atoms with Crippen LogP contribution in [0.5, 0.6) is 5.75 Å². The van der Waals surface area contributed by atoms with E-state index in [1.165, 1.54) is 11.6 Å². The second-order valence-electron chi connectivity index (χ2n) is 6.37. The van der Waals surface area contributed by atoms with E-state index in [0.29, 0.717) is 17.1 Å². The summed E-state index contributed by atoms with van der Waals surface area (Å²) in [5.74, 6) is 1.00. The molecule has 0 saturated carbocycles. The molecule has 7 nitrogen and oxygen atoms in total. The second kappa shape index (κ2) is 7.11. The van der Waals surface area contributed by atoms with Gasteiger partial charge in [-0.05, 0) is 49.2 Å². The zero-order valence-corrected chi connectivity index (χ0v) is 15.7. The molecule has 0 aliphatic heterocycles. The first-order valence-corrected chi connectivity index (χ1v) is 8.72. The zero-order valence-electron chi connectivity index (χ0n) is 15.7. The highest BCUT2D eigenvalue weighted by molar-refractivity contribution is 5.65. The van der Waals surface area contributed by atoms with E-state index in [2.05, 4.69) is 15.2 Å². The van der Waals surface area contributed by atoms with Crippen LogP contribution in [0.3, 0.4) is 0 Å². The lowest BCUT2D eigenvalue weighted by Gasteiger charge is -2.08. The molecule has 0 spiro atoms. The van der Waals surface area contributed by atoms with Crippen molar-refractivity contribution in [3.05, 3.63) is 76.1 Å². The number of benzene rings is 2. The van der Waals surface area contributed by atoms with Gasteiger partial charge in [-0.1, -0.05) is 23.4 Å². The van der Waals surface area contributed by atoms with E-state index in [-0.39, 0.29) is 17.0 Å².